The summed E-state index contributed by atoms with van der Waals surface area (Å²) < 4.78 is 4.50. The molecule has 2 aromatic rings. The van der Waals surface area contributed by atoms with Crippen molar-refractivity contribution in [2.75, 3.05) is 44.2 Å². The van der Waals surface area contributed by atoms with Gasteiger partial charge in [0.05, 0.1) is 0 Å². The van der Waals surface area contributed by atoms with Crippen LogP contribution in [0.25, 0.3) is 0 Å². The molecule has 0 spiro atoms. The lowest BCUT2D eigenvalue weighted by Gasteiger charge is -2.34. The highest BCUT2D eigenvalue weighted by Crippen LogP contribution is 2.21. The van der Waals surface area contributed by atoms with Gasteiger partial charge in [0.15, 0.2) is 0 Å². The molecule has 9 heteroatoms. The molecule has 6 nitrogen and oxygen atoms in total. The summed E-state index contributed by atoms with van der Waals surface area (Å²) in [5.74, 6) is 0.732. The van der Waals surface area contributed by atoms with E-state index in [1.807, 2.05) is 24.3 Å². The van der Waals surface area contributed by atoms with Crippen LogP contribution >= 0.6 is 34.7 Å². The van der Waals surface area contributed by atoms with Crippen LogP contribution in [0.4, 0.5) is 5.13 Å². The molecule has 1 amide bonds. The molecular weight excluding hydrogens is 405 g/mol. The maximum absolute atomic E-state index is 11.5. The van der Waals surface area contributed by atoms with Crippen LogP contribution in [0.2, 0.25) is 5.02 Å². The maximum Gasteiger partial charge on any atom is 0.237 e. The number of anilines is 1. The predicted octanol–water partition coefficient (Wildman–Crippen LogP) is 2.65. The van der Waals surface area contributed by atoms with Crippen molar-refractivity contribution in [2.45, 2.75) is 18.7 Å². The molecule has 1 N–H and O–H groups in total. The maximum atomic E-state index is 11.5. The first-order valence-electron chi connectivity index (χ1n) is 8.97. The summed E-state index contributed by atoms with van der Waals surface area (Å²) in [6, 6.07) is 7.79. The van der Waals surface area contributed by atoms with Crippen molar-refractivity contribution in [2.24, 2.45) is 0 Å². The third-order valence-electron chi connectivity index (χ3n) is 4.46. The SMILES string of the molecule is CC(Cl)C(=O)NCCN1CCN(c2nc(Cc3ccc(Cl)cc3)ns2)CC1. The molecule has 0 radical (unpaired) electrons. The minimum Gasteiger partial charge on any atom is -0.354 e. The fourth-order valence-corrected chi connectivity index (χ4v) is 3.81. The molecule has 1 aromatic carbocycles. The summed E-state index contributed by atoms with van der Waals surface area (Å²) in [5.41, 5.74) is 1.15. The fourth-order valence-electron chi connectivity index (χ4n) is 2.87. The van der Waals surface area contributed by atoms with Crippen LogP contribution in [-0.2, 0) is 11.2 Å². The molecule has 1 aliphatic heterocycles. The monoisotopic (exact) mass is 427 g/mol. The molecule has 2 heterocycles. The van der Waals surface area contributed by atoms with Gasteiger partial charge in [-0.25, -0.2) is 4.98 Å². The van der Waals surface area contributed by atoms with E-state index < -0.39 is 5.38 Å². The molecule has 1 aromatic heterocycles. The Morgan fingerprint density at radius 2 is 1.96 bits per heavy atom. The minimum atomic E-state index is -0.485. The van der Waals surface area contributed by atoms with Crippen molar-refractivity contribution in [1.29, 1.82) is 0 Å². The number of hydrogen-bond acceptors (Lipinski definition) is 6. The Morgan fingerprint density at radius 1 is 1.26 bits per heavy atom. The normalized spacial score (nSPS) is 16.3. The van der Waals surface area contributed by atoms with E-state index in [9.17, 15) is 4.79 Å². The summed E-state index contributed by atoms with van der Waals surface area (Å²) in [7, 11) is 0. The van der Waals surface area contributed by atoms with E-state index in [0.29, 0.717) is 13.0 Å². The second-order valence-electron chi connectivity index (χ2n) is 6.53. The lowest BCUT2D eigenvalue weighted by atomic mass is 10.1. The number of rotatable bonds is 7. The zero-order chi connectivity index (χ0) is 19.2. The van der Waals surface area contributed by atoms with Gasteiger partial charge in [0, 0.05) is 62.2 Å². The van der Waals surface area contributed by atoms with Gasteiger partial charge in [-0.3, -0.25) is 9.69 Å². The highest BCUT2D eigenvalue weighted by Gasteiger charge is 2.20. The Hall–Kier alpha value is -1.41. The van der Waals surface area contributed by atoms with Gasteiger partial charge in [-0.05, 0) is 24.6 Å². The van der Waals surface area contributed by atoms with E-state index >= 15 is 0 Å². The molecule has 1 fully saturated rings. The van der Waals surface area contributed by atoms with Crippen molar-refractivity contribution >= 4 is 45.8 Å². The molecule has 1 aliphatic rings. The summed E-state index contributed by atoms with van der Waals surface area (Å²) in [5, 5.41) is 4.07. The summed E-state index contributed by atoms with van der Waals surface area (Å²) >= 11 is 13.1. The number of carbonyl (C=O) groups is 1. The summed E-state index contributed by atoms with van der Waals surface area (Å²) in [6.45, 7) is 6.85. The van der Waals surface area contributed by atoms with Gasteiger partial charge in [0.1, 0.15) is 11.2 Å². The minimum absolute atomic E-state index is 0.114. The highest BCUT2D eigenvalue weighted by atomic mass is 35.5. The van der Waals surface area contributed by atoms with Crippen LogP contribution in [0.1, 0.15) is 18.3 Å². The Balaban J connectivity index is 1.44. The number of nitrogens with one attached hydrogen (secondary N) is 1. The predicted molar refractivity (Wildman–Crippen MR) is 111 cm³/mol. The van der Waals surface area contributed by atoms with E-state index in [4.69, 9.17) is 28.2 Å². The Morgan fingerprint density at radius 3 is 2.63 bits per heavy atom. The average Bonchev–Trinajstić information content (AvgIpc) is 3.12. The van der Waals surface area contributed by atoms with Crippen molar-refractivity contribution in [3.05, 3.63) is 40.7 Å². The van der Waals surface area contributed by atoms with Gasteiger partial charge >= 0.3 is 0 Å². The molecule has 1 atom stereocenters. The first-order valence-corrected chi connectivity index (χ1v) is 10.6. The molecule has 0 aliphatic carbocycles. The number of benzene rings is 1. The summed E-state index contributed by atoms with van der Waals surface area (Å²) in [6.07, 6.45) is 0.715. The largest absolute Gasteiger partial charge is 0.354 e. The average molecular weight is 428 g/mol. The fraction of sp³-hybridized carbons (Fsp3) is 0.500. The Labute approximate surface area is 173 Å². The van der Waals surface area contributed by atoms with Crippen LogP contribution < -0.4 is 10.2 Å². The third-order valence-corrected chi connectivity index (χ3v) is 5.73. The van der Waals surface area contributed by atoms with Crippen molar-refractivity contribution in [3.63, 3.8) is 0 Å². The van der Waals surface area contributed by atoms with Crippen LogP contribution in [-0.4, -0.2) is 64.8 Å². The van der Waals surface area contributed by atoms with Gasteiger partial charge < -0.3 is 10.2 Å². The summed E-state index contributed by atoms with van der Waals surface area (Å²) in [4.78, 5) is 20.8. The smallest absolute Gasteiger partial charge is 0.237 e. The van der Waals surface area contributed by atoms with E-state index in [1.54, 1.807) is 6.92 Å². The first-order chi connectivity index (χ1) is 13.0. The number of amides is 1. The number of piperazine rings is 1. The van der Waals surface area contributed by atoms with E-state index in [-0.39, 0.29) is 5.91 Å². The van der Waals surface area contributed by atoms with Gasteiger partial charge in [0.25, 0.3) is 0 Å². The molecule has 0 bridgehead atoms. The Bertz CT molecular complexity index is 744. The highest BCUT2D eigenvalue weighted by molar-refractivity contribution is 7.09. The molecule has 3 rings (SSSR count). The lowest BCUT2D eigenvalue weighted by molar-refractivity contribution is -0.120. The molecule has 1 unspecified atom stereocenters. The molecule has 27 heavy (non-hydrogen) atoms. The van der Waals surface area contributed by atoms with Crippen LogP contribution in [0.15, 0.2) is 24.3 Å². The van der Waals surface area contributed by atoms with E-state index in [1.165, 1.54) is 11.5 Å². The second kappa shape index (κ2) is 9.68. The molecule has 146 valence electrons. The van der Waals surface area contributed by atoms with E-state index in [0.717, 1.165) is 54.3 Å². The standard InChI is InChI=1S/C18H23Cl2N5OS/c1-13(19)17(26)21-6-7-24-8-10-25(11-9-24)18-22-16(23-27-18)12-14-2-4-15(20)5-3-14/h2-5,13H,6-12H2,1H3,(H,21,26). The number of alkyl halides is 1. The molecule has 1 saturated heterocycles. The zero-order valence-corrected chi connectivity index (χ0v) is 17.5. The molecule has 0 saturated carbocycles. The zero-order valence-electron chi connectivity index (χ0n) is 15.2. The lowest BCUT2D eigenvalue weighted by Crippen LogP contribution is -2.48. The number of carbonyl (C=O) groups excluding carboxylic acids is 1. The topological polar surface area (TPSA) is 61.4 Å². The molecular formula is C18H23Cl2N5OS. The van der Waals surface area contributed by atoms with Gasteiger partial charge in [0.2, 0.25) is 11.0 Å². The Kier molecular flexibility index (Phi) is 7.29. The third kappa shape index (κ3) is 6.04. The number of aromatic nitrogens is 2. The van der Waals surface area contributed by atoms with Gasteiger partial charge in [-0.2, -0.15) is 4.37 Å². The van der Waals surface area contributed by atoms with Crippen LogP contribution in [0.5, 0.6) is 0 Å². The number of halogens is 2. The second-order valence-corrected chi connectivity index (χ2v) is 8.35. The van der Waals surface area contributed by atoms with Gasteiger partial charge in [-0.15, -0.1) is 11.6 Å². The number of nitrogens with zero attached hydrogens (tertiary/aromatic N) is 4. The first kappa shape index (κ1) is 20.3. The van der Waals surface area contributed by atoms with Crippen LogP contribution in [0, 0.1) is 0 Å². The number of hydrogen-bond donors (Lipinski definition) is 1. The van der Waals surface area contributed by atoms with E-state index in [2.05, 4.69) is 19.5 Å². The van der Waals surface area contributed by atoms with Crippen molar-refractivity contribution in [1.82, 2.24) is 19.6 Å². The van der Waals surface area contributed by atoms with Crippen molar-refractivity contribution < 1.29 is 4.79 Å². The van der Waals surface area contributed by atoms with Gasteiger partial charge in [-0.1, -0.05) is 23.7 Å². The van der Waals surface area contributed by atoms with Crippen LogP contribution in [0.3, 0.4) is 0 Å². The quantitative estimate of drug-likeness (QED) is 0.688. The van der Waals surface area contributed by atoms with Crippen molar-refractivity contribution in [3.8, 4) is 0 Å².